The van der Waals surface area contributed by atoms with E-state index in [1.807, 2.05) is 43.3 Å². The molecule has 3 aliphatic heterocycles. The van der Waals surface area contributed by atoms with Crippen LogP contribution >= 0.6 is 0 Å². The quantitative estimate of drug-likeness (QED) is 0.142. The monoisotopic (exact) mass is 889 g/mol. The van der Waals surface area contributed by atoms with Gasteiger partial charge >= 0.3 is 12.1 Å². The number of ketones is 2. The zero-order valence-corrected chi connectivity index (χ0v) is 38.5. The number of amides is 1. The standard InChI is InChI=1S/C49H64FN3O11/c1-11-38-49(9)43(52-47(59)64-49)29(5)39(54)27(3)23-48(8,60-18-14-15-32-21-33-16-12-13-17-36(33)51-24-32)44(30(6)41(56)31(7)45(58)62-38)63-46-42(57)37(20-28(4)61-46)53(10)25-34-22-35(50)19-26(2)40(34)55/h12-17,19,21-22,24,27-31,37-38,42-44,46,55,57H,11,18,20,23,25H2,1-10H3,(H,52,59)/b15-14+/t27-,28-,29+,30+,31-,37+,38-,42-,43-,44-,46?,48+,49-/m1/s1. The van der Waals surface area contributed by atoms with Crippen LogP contribution in [0.15, 0.2) is 54.7 Å². The first-order valence-corrected chi connectivity index (χ1v) is 22.3. The van der Waals surface area contributed by atoms with E-state index in [4.69, 9.17) is 23.7 Å². The normalized spacial score (nSPS) is 34.4. The Balaban J connectivity index is 1.38. The number of benzene rings is 2. The largest absolute Gasteiger partial charge is 0.507 e. The number of hydrogen-bond acceptors (Lipinski definition) is 13. The maximum Gasteiger partial charge on any atom is 0.408 e. The number of aromatic hydroxyl groups is 1. The second-order valence-corrected chi connectivity index (χ2v) is 18.5. The molecular formula is C49H64FN3O11. The van der Waals surface area contributed by atoms with Crippen LogP contribution in [-0.4, -0.2) is 111 Å². The molecule has 3 N–H and O–H groups in total. The lowest BCUT2D eigenvalue weighted by atomic mass is 9.73. The Morgan fingerprint density at radius 1 is 1.03 bits per heavy atom. The molecule has 3 aliphatic rings. The molecule has 3 saturated heterocycles. The number of halogens is 1. The number of likely N-dealkylation sites (N-methyl/N-ethyl adjacent to an activating group) is 1. The van der Waals surface area contributed by atoms with E-state index in [1.165, 1.54) is 19.1 Å². The first-order valence-electron chi connectivity index (χ1n) is 22.3. The van der Waals surface area contributed by atoms with Crippen molar-refractivity contribution in [3.63, 3.8) is 0 Å². The second-order valence-electron chi connectivity index (χ2n) is 18.5. The molecule has 0 radical (unpaired) electrons. The zero-order chi connectivity index (χ0) is 46.8. The predicted molar refractivity (Wildman–Crippen MR) is 236 cm³/mol. The summed E-state index contributed by atoms with van der Waals surface area (Å²) in [7, 11) is 1.75. The van der Waals surface area contributed by atoms with Gasteiger partial charge in [-0.2, -0.15) is 0 Å². The predicted octanol–water partition coefficient (Wildman–Crippen LogP) is 6.83. The van der Waals surface area contributed by atoms with E-state index in [1.54, 1.807) is 72.7 Å². The molecule has 6 rings (SSSR count). The minimum Gasteiger partial charge on any atom is -0.507 e. The summed E-state index contributed by atoms with van der Waals surface area (Å²) in [5.74, 6) is -6.16. The van der Waals surface area contributed by atoms with E-state index in [-0.39, 0.29) is 37.5 Å². The molecule has 348 valence electrons. The number of esters is 1. The number of carbonyl (C=O) groups is 4. The molecule has 4 heterocycles. The number of cyclic esters (lactones) is 1. The van der Waals surface area contributed by atoms with Gasteiger partial charge in [0.05, 0.1) is 36.0 Å². The average Bonchev–Trinajstić information content (AvgIpc) is 3.57. The molecular weight excluding hydrogens is 826 g/mol. The summed E-state index contributed by atoms with van der Waals surface area (Å²) in [6.07, 6.45) is -0.139. The third kappa shape index (κ3) is 10.2. The van der Waals surface area contributed by atoms with Crippen LogP contribution in [0.25, 0.3) is 17.0 Å². The maximum atomic E-state index is 14.7. The van der Waals surface area contributed by atoms with Gasteiger partial charge in [-0.15, -0.1) is 0 Å². The molecule has 64 heavy (non-hydrogen) atoms. The van der Waals surface area contributed by atoms with Gasteiger partial charge in [-0.1, -0.05) is 58.0 Å². The van der Waals surface area contributed by atoms with Gasteiger partial charge in [0.1, 0.15) is 35.5 Å². The number of aliphatic hydroxyl groups is 1. The number of alkyl carbamates (subject to hydrolysis) is 1. The Labute approximate surface area is 374 Å². The summed E-state index contributed by atoms with van der Waals surface area (Å²) >= 11 is 0. The van der Waals surface area contributed by atoms with Gasteiger partial charge in [-0.3, -0.25) is 24.3 Å². The summed E-state index contributed by atoms with van der Waals surface area (Å²) in [6.45, 7) is 15.2. The molecule has 1 aromatic heterocycles. The Kier molecular flexibility index (Phi) is 15.0. The lowest BCUT2D eigenvalue weighted by molar-refractivity contribution is -0.297. The van der Waals surface area contributed by atoms with E-state index < -0.39 is 101 Å². The van der Waals surface area contributed by atoms with Gasteiger partial charge < -0.3 is 39.2 Å². The van der Waals surface area contributed by atoms with Gasteiger partial charge in [0, 0.05) is 47.5 Å². The molecule has 15 heteroatoms. The van der Waals surface area contributed by atoms with E-state index in [9.17, 15) is 33.8 Å². The summed E-state index contributed by atoms with van der Waals surface area (Å²) in [6, 6.07) is 10.7. The highest BCUT2D eigenvalue weighted by molar-refractivity contribution is 6.00. The fourth-order valence-corrected chi connectivity index (χ4v) is 9.96. The number of nitrogens with one attached hydrogen (secondary N) is 1. The van der Waals surface area contributed by atoms with Gasteiger partial charge in [-0.05, 0) is 96.3 Å². The number of aromatic nitrogens is 1. The molecule has 13 atom stereocenters. The number of ether oxygens (including phenoxy) is 5. The maximum absolute atomic E-state index is 14.7. The molecule has 0 saturated carbocycles. The number of phenols is 1. The minimum atomic E-state index is -1.47. The highest BCUT2D eigenvalue weighted by Gasteiger charge is 2.57. The minimum absolute atomic E-state index is 0.00663. The highest BCUT2D eigenvalue weighted by Crippen LogP contribution is 2.41. The van der Waals surface area contributed by atoms with Gasteiger partial charge in [0.2, 0.25) is 0 Å². The molecule has 1 unspecified atom stereocenters. The third-order valence-corrected chi connectivity index (χ3v) is 13.6. The molecule has 2 aromatic carbocycles. The van der Waals surface area contributed by atoms with Gasteiger partial charge in [0.15, 0.2) is 17.7 Å². The van der Waals surface area contributed by atoms with Crippen LogP contribution in [0.2, 0.25) is 0 Å². The Morgan fingerprint density at radius 2 is 1.75 bits per heavy atom. The van der Waals surface area contributed by atoms with Crippen molar-refractivity contribution >= 4 is 40.6 Å². The number of Topliss-reactive ketones (excluding diaryl/α,β-unsaturated/α-hetero) is 2. The number of pyridine rings is 1. The third-order valence-electron chi connectivity index (χ3n) is 13.6. The number of nitrogens with zero attached hydrogens (tertiary/aromatic N) is 2. The van der Waals surface area contributed by atoms with Crippen molar-refractivity contribution in [2.24, 2.45) is 23.7 Å². The van der Waals surface area contributed by atoms with Crippen molar-refractivity contribution in [3.05, 3.63) is 77.2 Å². The topological polar surface area (TPSA) is 183 Å². The number of phenolic OH excluding ortho intramolecular Hbond substituents is 1. The summed E-state index contributed by atoms with van der Waals surface area (Å²) in [5.41, 5.74) is -0.515. The molecule has 0 aliphatic carbocycles. The van der Waals surface area contributed by atoms with Gasteiger partial charge in [-0.25, -0.2) is 9.18 Å². The van der Waals surface area contributed by atoms with Crippen molar-refractivity contribution in [1.82, 2.24) is 15.2 Å². The molecule has 3 aromatic rings. The number of fused-ring (bicyclic) bond motifs is 2. The van der Waals surface area contributed by atoms with Crippen LogP contribution < -0.4 is 5.32 Å². The van der Waals surface area contributed by atoms with Crippen LogP contribution in [0.1, 0.15) is 91.3 Å². The Hall–Kier alpha value is -4.80. The van der Waals surface area contributed by atoms with Crippen molar-refractivity contribution in [2.45, 2.75) is 142 Å². The zero-order valence-electron chi connectivity index (χ0n) is 38.5. The van der Waals surface area contributed by atoms with Crippen LogP contribution in [0.5, 0.6) is 5.75 Å². The fourth-order valence-electron chi connectivity index (χ4n) is 9.96. The molecule has 1 amide bonds. The van der Waals surface area contributed by atoms with Crippen LogP contribution in [0.3, 0.4) is 0 Å². The van der Waals surface area contributed by atoms with E-state index in [0.717, 1.165) is 16.5 Å². The van der Waals surface area contributed by atoms with Crippen molar-refractivity contribution in [2.75, 3.05) is 13.7 Å². The number of hydrogen-bond donors (Lipinski definition) is 3. The average molecular weight is 890 g/mol. The van der Waals surface area contributed by atoms with Crippen LogP contribution in [-0.2, 0) is 44.6 Å². The summed E-state index contributed by atoms with van der Waals surface area (Å²) in [5, 5.41) is 26.6. The first-order chi connectivity index (χ1) is 30.2. The van der Waals surface area contributed by atoms with E-state index >= 15 is 0 Å². The molecule has 0 bridgehead atoms. The van der Waals surface area contributed by atoms with Crippen molar-refractivity contribution in [1.29, 1.82) is 0 Å². The van der Waals surface area contributed by atoms with E-state index in [2.05, 4.69) is 10.3 Å². The lowest BCUT2D eigenvalue weighted by Crippen LogP contribution is -2.60. The number of aryl methyl sites for hydroxylation is 1. The fraction of sp³-hybridized carbons (Fsp3) is 0.571. The van der Waals surface area contributed by atoms with E-state index in [0.29, 0.717) is 17.5 Å². The Morgan fingerprint density at radius 3 is 2.47 bits per heavy atom. The summed E-state index contributed by atoms with van der Waals surface area (Å²) < 4.78 is 46.2. The van der Waals surface area contributed by atoms with Crippen LogP contribution in [0, 0.1) is 36.4 Å². The number of para-hydroxylation sites is 1. The highest BCUT2D eigenvalue weighted by atomic mass is 19.1. The lowest BCUT2D eigenvalue weighted by Gasteiger charge is -2.47. The second kappa shape index (κ2) is 19.7. The Bertz CT molecular complexity index is 2240. The first kappa shape index (κ1) is 48.7. The van der Waals surface area contributed by atoms with Crippen molar-refractivity contribution < 1.29 is 57.5 Å². The summed E-state index contributed by atoms with van der Waals surface area (Å²) in [4.78, 5) is 62.4. The SMILES string of the molecule is CC[C@H]1OC(=O)[C@H](C)C(=O)[C@H](C)[C@@H](OC2O[C@H](C)C[C@H](N(C)Cc3cc(F)cc(C)c3O)[C@H]2O)[C@@](C)(OC/C=C/c2cnc3ccccc3c2)C[C@@H](C)C(=O)[C@H](C)[C@H]2NC(=O)O[C@@]21C. The number of carbonyl (C=O) groups excluding carboxylic acids is 4. The smallest absolute Gasteiger partial charge is 0.408 e. The van der Waals surface area contributed by atoms with Gasteiger partial charge in [0.25, 0.3) is 0 Å². The molecule has 0 spiro atoms. The number of aliphatic hydroxyl groups excluding tert-OH is 1. The molecule has 14 nitrogen and oxygen atoms in total. The molecule has 3 fully saturated rings. The van der Waals surface area contributed by atoms with Crippen molar-refractivity contribution in [3.8, 4) is 5.75 Å². The van der Waals surface area contributed by atoms with Crippen LogP contribution in [0.4, 0.5) is 9.18 Å². The number of rotatable bonds is 10.